The van der Waals surface area contributed by atoms with E-state index < -0.39 is 49.6 Å². The molecule has 2 aromatic rings. The number of carbonyl (C=O) groups excluding carboxylic acids is 2. The normalized spacial score (nSPS) is 23.6. The third-order valence-corrected chi connectivity index (χ3v) is 8.09. The highest BCUT2D eigenvalue weighted by Crippen LogP contribution is 2.44. The standard InChI is InChI=1S/C24H40N7O9P/c1-7-9-37-20(32)14(3)29-41(35,30-15(4)21(33)38-10-8-2)39-12-16-11-24(5,34)22(40-16)31-13-26-17-18(31)27-23(25)28-19(17)36-6/h13-16,22,34H,7-12H2,1-6H3,(H2,25,27,28)(H2,29,30,35). The van der Waals surface area contributed by atoms with E-state index in [-0.39, 0.29) is 43.7 Å². The van der Waals surface area contributed by atoms with Crippen LogP contribution in [0.3, 0.4) is 0 Å². The second kappa shape index (κ2) is 13.9. The molecule has 3 heterocycles. The summed E-state index contributed by atoms with van der Waals surface area (Å²) < 4.78 is 42.7. The second-order valence-corrected chi connectivity index (χ2v) is 11.8. The Kier molecular flexibility index (Phi) is 11.0. The van der Waals surface area contributed by atoms with Crippen molar-refractivity contribution in [3.63, 3.8) is 0 Å². The van der Waals surface area contributed by atoms with Gasteiger partial charge in [0.2, 0.25) is 11.8 Å². The zero-order chi connectivity index (χ0) is 30.4. The maximum absolute atomic E-state index is 13.9. The summed E-state index contributed by atoms with van der Waals surface area (Å²) >= 11 is 0. The number of aromatic nitrogens is 4. The Morgan fingerprint density at radius 1 is 1.20 bits per heavy atom. The van der Waals surface area contributed by atoms with E-state index in [0.29, 0.717) is 18.4 Å². The van der Waals surface area contributed by atoms with Gasteiger partial charge in [-0.3, -0.25) is 18.7 Å². The van der Waals surface area contributed by atoms with E-state index in [1.54, 1.807) is 6.92 Å². The van der Waals surface area contributed by atoms with Gasteiger partial charge in [0.05, 0.1) is 39.4 Å². The Morgan fingerprint density at radius 2 is 1.78 bits per heavy atom. The summed E-state index contributed by atoms with van der Waals surface area (Å²) in [4.78, 5) is 37.2. The molecule has 0 bridgehead atoms. The quantitative estimate of drug-likeness (QED) is 0.168. The van der Waals surface area contributed by atoms with Gasteiger partial charge in [-0.2, -0.15) is 9.97 Å². The van der Waals surface area contributed by atoms with Crippen LogP contribution in [0.4, 0.5) is 5.95 Å². The number of nitrogens with one attached hydrogen (secondary N) is 2. The fourth-order valence-electron chi connectivity index (χ4n) is 4.19. The lowest BCUT2D eigenvalue weighted by atomic mass is 10.0. The number of ether oxygens (including phenoxy) is 4. The van der Waals surface area contributed by atoms with E-state index in [1.807, 2.05) is 13.8 Å². The van der Waals surface area contributed by atoms with Crippen molar-refractivity contribution in [3.05, 3.63) is 6.33 Å². The van der Waals surface area contributed by atoms with Crippen LogP contribution < -0.4 is 20.6 Å². The molecule has 17 heteroatoms. The van der Waals surface area contributed by atoms with Crippen LogP contribution in [0.1, 0.15) is 60.1 Å². The van der Waals surface area contributed by atoms with E-state index in [2.05, 4.69) is 25.1 Å². The zero-order valence-corrected chi connectivity index (χ0v) is 25.1. The van der Waals surface area contributed by atoms with Crippen LogP contribution in [0, 0.1) is 0 Å². The highest BCUT2D eigenvalue weighted by molar-refractivity contribution is 7.54. The van der Waals surface area contributed by atoms with Crippen LogP contribution in [0.5, 0.6) is 5.88 Å². The molecule has 0 aromatic carbocycles. The number of nitrogens with two attached hydrogens (primary N) is 1. The van der Waals surface area contributed by atoms with Gasteiger partial charge in [0.25, 0.3) is 0 Å². The van der Waals surface area contributed by atoms with Crippen molar-refractivity contribution in [2.24, 2.45) is 0 Å². The van der Waals surface area contributed by atoms with Crippen LogP contribution in [0.15, 0.2) is 6.33 Å². The average Bonchev–Trinajstić information content (AvgIpc) is 3.47. The number of esters is 2. The van der Waals surface area contributed by atoms with Gasteiger partial charge < -0.3 is 34.3 Å². The first kappa shape index (κ1) is 32.6. The molecule has 1 aliphatic heterocycles. The van der Waals surface area contributed by atoms with Gasteiger partial charge in [0.15, 0.2) is 17.4 Å². The Labute approximate surface area is 238 Å². The molecule has 5 atom stereocenters. The topological polar surface area (TPSA) is 211 Å². The lowest BCUT2D eigenvalue weighted by molar-refractivity contribution is -0.145. The molecule has 16 nitrogen and oxygen atoms in total. The molecule has 5 unspecified atom stereocenters. The number of fused-ring (bicyclic) bond motifs is 1. The number of carbonyl (C=O) groups is 2. The first-order chi connectivity index (χ1) is 19.3. The molecule has 0 aliphatic carbocycles. The lowest BCUT2D eigenvalue weighted by Crippen LogP contribution is -2.43. The SMILES string of the molecule is CCCOC(=O)C(C)NP(=O)(NC(C)C(=O)OCCC)OCC1CC(C)(O)C(n2cnc3c(OC)nc(N)nc32)O1. The average molecular weight is 602 g/mol. The number of hydrogen-bond acceptors (Lipinski definition) is 13. The number of imidazole rings is 1. The van der Waals surface area contributed by atoms with Gasteiger partial charge in [-0.05, 0) is 33.6 Å². The fourth-order valence-corrected chi connectivity index (χ4v) is 6.02. The van der Waals surface area contributed by atoms with Gasteiger partial charge in [-0.1, -0.05) is 13.8 Å². The second-order valence-electron chi connectivity index (χ2n) is 9.97. The lowest BCUT2D eigenvalue weighted by Gasteiger charge is -2.26. The van der Waals surface area contributed by atoms with Gasteiger partial charge in [0.1, 0.15) is 17.7 Å². The number of hydrogen-bond donors (Lipinski definition) is 4. The molecule has 230 valence electrons. The zero-order valence-electron chi connectivity index (χ0n) is 24.2. The number of anilines is 1. The number of rotatable bonds is 15. The van der Waals surface area contributed by atoms with Gasteiger partial charge in [0, 0.05) is 6.42 Å². The Balaban J connectivity index is 1.77. The number of methoxy groups -OCH3 is 1. The molecular weight excluding hydrogens is 561 g/mol. The largest absolute Gasteiger partial charge is 0.479 e. The minimum absolute atomic E-state index is 0.0510. The minimum Gasteiger partial charge on any atom is -0.479 e. The Bertz CT molecular complexity index is 1230. The maximum atomic E-state index is 13.9. The summed E-state index contributed by atoms with van der Waals surface area (Å²) in [5.41, 5.74) is 5.00. The first-order valence-corrected chi connectivity index (χ1v) is 15.0. The smallest absolute Gasteiger partial charge is 0.342 e. The van der Waals surface area contributed by atoms with Crippen LogP contribution >= 0.6 is 7.67 Å². The summed E-state index contributed by atoms with van der Waals surface area (Å²) in [5, 5.41) is 16.5. The molecule has 0 spiro atoms. The van der Waals surface area contributed by atoms with E-state index in [9.17, 15) is 19.3 Å². The molecule has 0 amide bonds. The number of nitrogen functional groups attached to an aromatic ring is 1. The van der Waals surface area contributed by atoms with Crippen LogP contribution in [0.2, 0.25) is 0 Å². The van der Waals surface area contributed by atoms with Crippen LogP contribution in [-0.2, 0) is 32.9 Å². The summed E-state index contributed by atoms with van der Waals surface area (Å²) in [6.45, 7) is 8.31. The molecule has 2 aromatic heterocycles. The van der Waals surface area contributed by atoms with E-state index in [0.717, 1.165) is 0 Å². The van der Waals surface area contributed by atoms with Gasteiger partial charge in [-0.15, -0.1) is 0 Å². The molecule has 0 radical (unpaired) electrons. The molecular formula is C24H40N7O9P. The Morgan fingerprint density at radius 3 is 2.32 bits per heavy atom. The van der Waals surface area contributed by atoms with E-state index in [4.69, 9.17) is 29.2 Å². The third kappa shape index (κ3) is 8.11. The fraction of sp³-hybridized carbons (Fsp3) is 0.708. The molecule has 1 aliphatic rings. The van der Waals surface area contributed by atoms with Crippen LogP contribution in [-0.4, -0.2) is 87.3 Å². The summed E-state index contributed by atoms with van der Waals surface area (Å²) in [5.74, 6) is -1.16. The first-order valence-electron chi connectivity index (χ1n) is 13.4. The summed E-state index contributed by atoms with van der Waals surface area (Å²) in [7, 11) is -2.65. The summed E-state index contributed by atoms with van der Waals surface area (Å²) in [6.07, 6.45) is 1.01. The predicted octanol–water partition coefficient (Wildman–Crippen LogP) is 1.44. The van der Waals surface area contributed by atoms with Gasteiger partial charge in [-0.25, -0.2) is 15.2 Å². The highest BCUT2D eigenvalue weighted by atomic mass is 31.2. The third-order valence-electron chi connectivity index (χ3n) is 6.12. The van der Waals surface area contributed by atoms with Crippen molar-refractivity contribution < 1.29 is 42.7 Å². The van der Waals surface area contributed by atoms with E-state index >= 15 is 0 Å². The predicted molar refractivity (Wildman–Crippen MR) is 147 cm³/mol. The highest BCUT2D eigenvalue weighted by Gasteiger charge is 2.47. The van der Waals surface area contributed by atoms with Gasteiger partial charge >= 0.3 is 19.6 Å². The van der Waals surface area contributed by atoms with E-state index in [1.165, 1.54) is 31.9 Å². The molecule has 41 heavy (non-hydrogen) atoms. The summed E-state index contributed by atoms with van der Waals surface area (Å²) in [6, 6.07) is -2.06. The van der Waals surface area contributed by atoms with Crippen molar-refractivity contribution in [1.82, 2.24) is 29.7 Å². The molecule has 3 rings (SSSR count). The van der Waals surface area contributed by atoms with Crippen molar-refractivity contribution in [2.45, 2.75) is 83.9 Å². The van der Waals surface area contributed by atoms with Crippen molar-refractivity contribution in [2.75, 3.05) is 32.7 Å². The Hall–Kier alpha value is -2.88. The molecule has 1 saturated heterocycles. The molecule has 5 N–H and O–H groups in total. The van der Waals surface area contributed by atoms with Crippen molar-refractivity contribution >= 4 is 36.7 Å². The number of nitrogens with zero attached hydrogens (tertiary/aromatic N) is 4. The van der Waals surface area contributed by atoms with Crippen molar-refractivity contribution in [1.29, 1.82) is 0 Å². The monoisotopic (exact) mass is 601 g/mol. The minimum atomic E-state index is -4.07. The molecule has 0 saturated carbocycles. The maximum Gasteiger partial charge on any atom is 0.342 e. The number of aliphatic hydroxyl groups is 1. The van der Waals surface area contributed by atoms with Crippen molar-refractivity contribution in [3.8, 4) is 5.88 Å². The van der Waals surface area contributed by atoms with Crippen LogP contribution in [0.25, 0.3) is 11.2 Å². The molecule has 1 fully saturated rings.